The minimum absolute atomic E-state index is 0.157. The molecule has 0 aliphatic rings. The number of ketones is 1. The van der Waals surface area contributed by atoms with Gasteiger partial charge in [-0.2, -0.15) is 0 Å². The molecule has 0 saturated heterocycles. The van der Waals surface area contributed by atoms with Gasteiger partial charge in [0.15, 0.2) is 0 Å². The smallest absolute Gasteiger partial charge is 0.316 e. The van der Waals surface area contributed by atoms with E-state index in [4.69, 9.17) is 0 Å². The van der Waals surface area contributed by atoms with Crippen molar-refractivity contribution >= 4 is 11.8 Å². The molecule has 0 N–H and O–H groups in total. The van der Waals surface area contributed by atoms with Gasteiger partial charge in [-0.25, -0.2) is 0 Å². The summed E-state index contributed by atoms with van der Waals surface area (Å²) in [6.07, 6.45) is 1.81. The Morgan fingerprint density at radius 1 is 1.36 bits per heavy atom. The zero-order valence-corrected chi connectivity index (χ0v) is 8.92. The van der Waals surface area contributed by atoms with Crippen molar-refractivity contribution in [1.29, 1.82) is 0 Å². The summed E-state index contributed by atoms with van der Waals surface area (Å²) in [6, 6.07) is 0. The van der Waals surface area contributed by atoms with Crippen molar-refractivity contribution in [2.45, 2.75) is 33.1 Å². The van der Waals surface area contributed by atoms with Gasteiger partial charge in [0, 0.05) is 12.8 Å². The molecular formula is C11H16O3. The molecule has 0 amide bonds. The summed E-state index contributed by atoms with van der Waals surface area (Å²) in [5, 5.41) is 0. The molecule has 3 heteroatoms. The fourth-order valence-corrected chi connectivity index (χ4v) is 1.06. The normalized spacial score (nSPS) is 11.1. The summed E-state index contributed by atoms with van der Waals surface area (Å²) >= 11 is 0. The first kappa shape index (κ1) is 12.7. The number of hydrogen-bond donors (Lipinski definition) is 0. The Kier molecular flexibility index (Phi) is 6.47. The predicted molar refractivity (Wildman–Crippen MR) is 53.5 cm³/mol. The third kappa shape index (κ3) is 4.66. The molecule has 0 aromatic carbocycles. The van der Waals surface area contributed by atoms with Crippen LogP contribution in [-0.2, 0) is 14.3 Å². The van der Waals surface area contributed by atoms with Gasteiger partial charge in [-0.05, 0) is 13.3 Å². The third-order valence-corrected chi connectivity index (χ3v) is 1.84. The van der Waals surface area contributed by atoms with Crippen LogP contribution >= 0.6 is 0 Å². The average Bonchev–Trinajstić information content (AvgIpc) is 2.16. The second kappa shape index (κ2) is 7.14. The maximum atomic E-state index is 11.1. The van der Waals surface area contributed by atoms with E-state index in [0.717, 1.165) is 6.42 Å². The molecule has 0 radical (unpaired) electrons. The minimum atomic E-state index is -0.647. The molecular weight excluding hydrogens is 180 g/mol. The van der Waals surface area contributed by atoms with E-state index in [0.29, 0.717) is 12.8 Å². The van der Waals surface area contributed by atoms with Crippen molar-refractivity contribution in [3.05, 3.63) is 0 Å². The molecule has 0 spiro atoms. The van der Waals surface area contributed by atoms with E-state index in [1.807, 2.05) is 6.92 Å². The monoisotopic (exact) mass is 196 g/mol. The summed E-state index contributed by atoms with van der Waals surface area (Å²) in [5.74, 6) is 4.51. The van der Waals surface area contributed by atoms with Gasteiger partial charge in [0.05, 0.1) is 7.11 Å². The lowest BCUT2D eigenvalue weighted by Gasteiger charge is -2.08. The van der Waals surface area contributed by atoms with Crippen molar-refractivity contribution in [3.8, 4) is 11.8 Å². The fraction of sp³-hybridized carbons (Fsp3) is 0.636. The molecule has 1 atom stereocenters. The van der Waals surface area contributed by atoms with Gasteiger partial charge in [-0.1, -0.05) is 6.92 Å². The molecule has 0 saturated carbocycles. The molecule has 0 fully saturated rings. The van der Waals surface area contributed by atoms with Crippen molar-refractivity contribution < 1.29 is 14.3 Å². The Morgan fingerprint density at radius 3 is 2.43 bits per heavy atom. The highest BCUT2D eigenvalue weighted by Gasteiger charge is 2.22. The first-order chi connectivity index (χ1) is 6.63. The molecule has 0 aromatic rings. The largest absolute Gasteiger partial charge is 0.468 e. The number of Topliss-reactive ketones (excluding diaryl/α,β-unsaturated/α-hetero) is 1. The van der Waals surface area contributed by atoms with Gasteiger partial charge in [0.25, 0.3) is 0 Å². The van der Waals surface area contributed by atoms with Crippen LogP contribution in [0.4, 0.5) is 0 Å². The molecule has 0 heterocycles. The molecule has 3 nitrogen and oxygen atoms in total. The van der Waals surface area contributed by atoms with Crippen LogP contribution in [0.3, 0.4) is 0 Å². The van der Waals surface area contributed by atoms with Crippen LogP contribution in [0.2, 0.25) is 0 Å². The molecule has 14 heavy (non-hydrogen) atoms. The molecule has 0 aliphatic carbocycles. The zero-order valence-electron chi connectivity index (χ0n) is 8.92. The topological polar surface area (TPSA) is 43.4 Å². The summed E-state index contributed by atoms with van der Waals surface area (Å²) < 4.78 is 4.52. The molecule has 1 unspecified atom stereocenters. The first-order valence-corrected chi connectivity index (χ1v) is 4.67. The standard InChI is InChI=1S/C11H16O3/c1-4-5-6-7-8-10(9(2)12)11(13)14-3/h10H,4,7-8H2,1-3H3. The van der Waals surface area contributed by atoms with Crippen molar-refractivity contribution in [2.24, 2.45) is 5.92 Å². The number of methoxy groups -OCH3 is 1. The van der Waals surface area contributed by atoms with Crippen LogP contribution in [0.25, 0.3) is 0 Å². The number of carbonyl (C=O) groups is 2. The second-order valence-electron chi connectivity index (χ2n) is 2.93. The molecule has 0 rings (SSSR count). The van der Waals surface area contributed by atoms with Crippen LogP contribution in [-0.4, -0.2) is 18.9 Å². The van der Waals surface area contributed by atoms with E-state index in [1.54, 1.807) is 0 Å². The fourth-order valence-electron chi connectivity index (χ4n) is 1.06. The van der Waals surface area contributed by atoms with E-state index >= 15 is 0 Å². The van der Waals surface area contributed by atoms with Crippen LogP contribution in [0, 0.1) is 17.8 Å². The van der Waals surface area contributed by atoms with Gasteiger partial charge in [-0.15, -0.1) is 11.8 Å². The van der Waals surface area contributed by atoms with Crippen molar-refractivity contribution in [3.63, 3.8) is 0 Å². The average molecular weight is 196 g/mol. The van der Waals surface area contributed by atoms with Gasteiger partial charge < -0.3 is 4.74 Å². The molecule has 0 bridgehead atoms. The number of ether oxygens (including phenoxy) is 1. The second-order valence-corrected chi connectivity index (χ2v) is 2.93. The SMILES string of the molecule is CCC#CCCC(C(C)=O)C(=O)OC. The van der Waals surface area contributed by atoms with Gasteiger partial charge in [0.2, 0.25) is 0 Å². The molecule has 78 valence electrons. The predicted octanol–water partition coefficient (Wildman–Crippen LogP) is 1.56. The number of hydrogen-bond acceptors (Lipinski definition) is 3. The van der Waals surface area contributed by atoms with Crippen LogP contribution in [0.1, 0.15) is 33.1 Å². The molecule has 0 aliphatic heterocycles. The lowest BCUT2D eigenvalue weighted by Crippen LogP contribution is -2.23. The number of carbonyl (C=O) groups excluding carboxylic acids is 2. The highest BCUT2D eigenvalue weighted by molar-refractivity contribution is 5.97. The van der Waals surface area contributed by atoms with Crippen LogP contribution < -0.4 is 0 Å². The van der Waals surface area contributed by atoms with Crippen LogP contribution in [0.15, 0.2) is 0 Å². The Morgan fingerprint density at radius 2 is 2.00 bits per heavy atom. The summed E-state index contributed by atoms with van der Waals surface area (Å²) in [7, 11) is 1.29. The van der Waals surface area contributed by atoms with Crippen molar-refractivity contribution in [1.82, 2.24) is 0 Å². The Bertz CT molecular complexity index is 257. The summed E-state index contributed by atoms with van der Waals surface area (Å²) in [5.41, 5.74) is 0. The van der Waals surface area contributed by atoms with E-state index < -0.39 is 11.9 Å². The Balaban J connectivity index is 4.11. The third-order valence-electron chi connectivity index (χ3n) is 1.84. The first-order valence-electron chi connectivity index (χ1n) is 4.67. The number of rotatable bonds is 4. The quantitative estimate of drug-likeness (QED) is 0.389. The molecule has 0 aromatic heterocycles. The lowest BCUT2D eigenvalue weighted by atomic mass is 9.99. The van der Waals surface area contributed by atoms with Gasteiger partial charge in [0.1, 0.15) is 11.7 Å². The van der Waals surface area contributed by atoms with E-state index in [2.05, 4.69) is 16.6 Å². The van der Waals surface area contributed by atoms with Gasteiger partial charge >= 0.3 is 5.97 Å². The van der Waals surface area contributed by atoms with E-state index in [-0.39, 0.29) is 5.78 Å². The lowest BCUT2D eigenvalue weighted by molar-refractivity contribution is -0.149. The van der Waals surface area contributed by atoms with Crippen LogP contribution in [0.5, 0.6) is 0 Å². The zero-order chi connectivity index (χ0) is 11.0. The van der Waals surface area contributed by atoms with Crippen molar-refractivity contribution in [2.75, 3.05) is 7.11 Å². The summed E-state index contributed by atoms with van der Waals surface area (Å²) in [4.78, 5) is 22.2. The Labute approximate surface area is 84.8 Å². The Hall–Kier alpha value is -1.30. The van der Waals surface area contributed by atoms with Gasteiger partial charge in [-0.3, -0.25) is 9.59 Å². The minimum Gasteiger partial charge on any atom is -0.468 e. The van der Waals surface area contributed by atoms with E-state index in [1.165, 1.54) is 14.0 Å². The summed E-state index contributed by atoms with van der Waals surface area (Å²) in [6.45, 7) is 3.35. The maximum Gasteiger partial charge on any atom is 0.316 e. The number of esters is 1. The van der Waals surface area contributed by atoms with E-state index in [9.17, 15) is 9.59 Å². The highest BCUT2D eigenvalue weighted by Crippen LogP contribution is 2.09. The maximum absolute atomic E-state index is 11.1. The highest BCUT2D eigenvalue weighted by atomic mass is 16.5.